The van der Waals surface area contributed by atoms with Crippen molar-refractivity contribution < 1.29 is 14.3 Å². The maximum atomic E-state index is 11.6. The Bertz CT molecular complexity index is 532. The van der Waals surface area contributed by atoms with Gasteiger partial charge in [0.2, 0.25) is 0 Å². The first kappa shape index (κ1) is 14.1. The lowest BCUT2D eigenvalue weighted by Crippen LogP contribution is -2.13. The summed E-state index contributed by atoms with van der Waals surface area (Å²) in [5.74, 6) is 0.961. The Morgan fingerprint density at radius 1 is 0.900 bits per heavy atom. The third-order valence-corrected chi connectivity index (χ3v) is 2.89. The highest BCUT2D eigenvalue weighted by Gasteiger charge is 2.07. The van der Waals surface area contributed by atoms with Crippen molar-refractivity contribution in [2.24, 2.45) is 0 Å². The number of hydrogen-bond donors (Lipinski definition) is 0. The van der Waals surface area contributed by atoms with Crippen LogP contribution in [0.3, 0.4) is 0 Å². The Labute approximate surface area is 119 Å². The largest absolute Gasteiger partial charge is 0.519 e. The molecule has 0 aliphatic heterocycles. The van der Waals surface area contributed by atoms with E-state index in [-0.39, 0.29) is 0 Å². The number of carbonyl (C=O) groups excluding carboxylic acids is 1. The molecule has 0 spiro atoms. The number of unbranched alkanes of at least 4 members (excludes halogenated alkanes) is 1. The summed E-state index contributed by atoms with van der Waals surface area (Å²) in [6.07, 6.45) is 2.65. The molecule has 0 aliphatic carbocycles. The second-order valence-corrected chi connectivity index (χ2v) is 4.51. The summed E-state index contributed by atoms with van der Waals surface area (Å²) in [5, 5.41) is 0. The van der Waals surface area contributed by atoms with Crippen molar-refractivity contribution in [3.63, 3.8) is 0 Å². The number of carbonyl (C=O) groups is 1. The number of hydrogen-bond acceptors (Lipinski definition) is 3. The van der Waals surface area contributed by atoms with E-state index >= 15 is 0 Å². The lowest BCUT2D eigenvalue weighted by molar-refractivity contribution is 0.152. The van der Waals surface area contributed by atoms with E-state index in [4.69, 9.17) is 9.47 Å². The minimum Gasteiger partial charge on any atom is -0.395 e. The first-order chi connectivity index (χ1) is 9.78. The van der Waals surface area contributed by atoms with Gasteiger partial charge in [0.25, 0.3) is 0 Å². The van der Waals surface area contributed by atoms with Crippen molar-refractivity contribution in [3.8, 4) is 11.5 Å². The van der Waals surface area contributed by atoms with E-state index in [1.54, 1.807) is 36.4 Å². The molecule has 3 heteroatoms. The van der Waals surface area contributed by atoms with Gasteiger partial charge in [-0.2, -0.15) is 0 Å². The lowest BCUT2D eigenvalue weighted by Gasteiger charge is -2.06. The summed E-state index contributed by atoms with van der Waals surface area (Å²) in [6, 6.07) is 16.4. The molecule has 0 atom stereocenters. The predicted molar refractivity (Wildman–Crippen MR) is 78.1 cm³/mol. The summed E-state index contributed by atoms with van der Waals surface area (Å²) in [6.45, 7) is 2.16. The molecule has 0 amide bonds. The van der Waals surface area contributed by atoms with Crippen LogP contribution < -0.4 is 9.47 Å². The molecule has 0 radical (unpaired) electrons. The van der Waals surface area contributed by atoms with Crippen molar-refractivity contribution in [1.29, 1.82) is 0 Å². The van der Waals surface area contributed by atoms with Crippen LogP contribution in [0, 0.1) is 0 Å². The predicted octanol–water partition coefficient (Wildman–Crippen LogP) is 4.61. The monoisotopic (exact) mass is 270 g/mol. The Morgan fingerprint density at radius 2 is 1.50 bits per heavy atom. The number of para-hydroxylation sites is 1. The highest BCUT2D eigenvalue weighted by atomic mass is 16.7. The summed E-state index contributed by atoms with van der Waals surface area (Å²) < 4.78 is 10.2. The Balaban J connectivity index is 1.88. The Kier molecular flexibility index (Phi) is 5.18. The lowest BCUT2D eigenvalue weighted by atomic mass is 10.1. The van der Waals surface area contributed by atoms with Crippen molar-refractivity contribution in [2.75, 3.05) is 0 Å². The maximum Gasteiger partial charge on any atom is 0.519 e. The van der Waals surface area contributed by atoms with Gasteiger partial charge >= 0.3 is 6.16 Å². The molecule has 0 unspecified atom stereocenters. The third-order valence-electron chi connectivity index (χ3n) is 2.89. The van der Waals surface area contributed by atoms with E-state index in [0.717, 1.165) is 12.8 Å². The highest BCUT2D eigenvalue weighted by molar-refractivity contribution is 5.67. The van der Waals surface area contributed by atoms with Crippen molar-refractivity contribution >= 4 is 6.16 Å². The van der Waals surface area contributed by atoms with E-state index in [0.29, 0.717) is 11.5 Å². The van der Waals surface area contributed by atoms with Crippen LogP contribution in [0.15, 0.2) is 54.6 Å². The third kappa shape index (κ3) is 4.43. The summed E-state index contributed by atoms with van der Waals surface area (Å²) in [5.41, 5.74) is 1.25. The minimum atomic E-state index is -0.725. The molecular weight excluding hydrogens is 252 g/mol. The molecule has 2 aromatic carbocycles. The molecule has 0 bridgehead atoms. The van der Waals surface area contributed by atoms with Crippen LogP contribution >= 0.6 is 0 Å². The minimum absolute atomic E-state index is 0.470. The quantitative estimate of drug-likeness (QED) is 0.588. The summed E-state index contributed by atoms with van der Waals surface area (Å²) >= 11 is 0. The van der Waals surface area contributed by atoms with Crippen molar-refractivity contribution in [2.45, 2.75) is 26.2 Å². The number of benzene rings is 2. The maximum absolute atomic E-state index is 11.6. The first-order valence-electron chi connectivity index (χ1n) is 6.81. The molecule has 2 aromatic rings. The van der Waals surface area contributed by atoms with Crippen molar-refractivity contribution in [1.82, 2.24) is 0 Å². The van der Waals surface area contributed by atoms with Crippen LogP contribution in [-0.4, -0.2) is 6.16 Å². The fourth-order valence-electron chi connectivity index (χ4n) is 1.81. The smallest absolute Gasteiger partial charge is 0.395 e. The zero-order chi connectivity index (χ0) is 14.2. The van der Waals surface area contributed by atoms with Gasteiger partial charge in [0, 0.05) is 0 Å². The van der Waals surface area contributed by atoms with Gasteiger partial charge in [0.1, 0.15) is 11.5 Å². The number of rotatable bonds is 5. The van der Waals surface area contributed by atoms with Gasteiger partial charge in [-0.25, -0.2) is 4.79 Å². The molecule has 0 aliphatic rings. The Morgan fingerprint density at radius 3 is 2.10 bits per heavy atom. The van der Waals surface area contributed by atoms with Crippen LogP contribution in [-0.2, 0) is 6.42 Å². The van der Waals surface area contributed by atoms with Crippen molar-refractivity contribution in [3.05, 3.63) is 60.2 Å². The molecular formula is C17H18O3. The standard InChI is InChI=1S/C17H18O3/c1-2-3-7-14-10-12-16(13-11-14)20-17(18)19-15-8-5-4-6-9-15/h4-6,8-13H,2-3,7H2,1H3. The second kappa shape index (κ2) is 7.34. The number of ether oxygens (including phenoxy) is 2. The van der Waals surface area contributed by atoms with Gasteiger partial charge in [0.05, 0.1) is 0 Å². The number of aryl methyl sites for hydroxylation is 1. The summed E-state index contributed by atoms with van der Waals surface area (Å²) in [4.78, 5) is 11.6. The average molecular weight is 270 g/mol. The van der Waals surface area contributed by atoms with Gasteiger partial charge in [-0.05, 0) is 42.7 Å². The zero-order valence-corrected chi connectivity index (χ0v) is 11.5. The molecule has 20 heavy (non-hydrogen) atoms. The average Bonchev–Trinajstić information content (AvgIpc) is 2.47. The van der Waals surface area contributed by atoms with E-state index in [9.17, 15) is 4.79 Å². The van der Waals surface area contributed by atoms with Crippen LogP contribution in [0.4, 0.5) is 4.79 Å². The fourth-order valence-corrected chi connectivity index (χ4v) is 1.81. The zero-order valence-electron chi connectivity index (χ0n) is 11.5. The van der Waals surface area contributed by atoms with E-state index in [1.165, 1.54) is 12.0 Å². The molecule has 2 rings (SSSR count). The highest BCUT2D eigenvalue weighted by Crippen LogP contribution is 2.16. The van der Waals surface area contributed by atoms with Crippen LogP contribution in [0.1, 0.15) is 25.3 Å². The molecule has 0 saturated carbocycles. The van der Waals surface area contributed by atoms with Gasteiger partial charge in [-0.1, -0.05) is 43.7 Å². The van der Waals surface area contributed by atoms with Gasteiger partial charge in [0.15, 0.2) is 0 Å². The SMILES string of the molecule is CCCCc1ccc(OC(=O)Oc2ccccc2)cc1. The molecule has 104 valence electrons. The van der Waals surface area contributed by atoms with Gasteiger partial charge < -0.3 is 9.47 Å². The van der Waals surface area contributed by atoms with E-state index < -0.39 is 6.16 Å². The first-order valence-corrected chi connectivity index (χ1v) is 6.81. The topological polar surface area (TPSA) is 35.5 Å². The summed E-state index contributed by atoms with van der Waals surface area (Å²) in [7, 11) is 0. The molecule has 0 saturated heterocycles. The normalized spacial score (nSPS) is 10.1. The van der Waals surface area contributed by atoms with Gasteiger partial charge in [-0.3, -0.25) is 0 Å². The molecule has 3 nitrogen and oxygen atoms in total. The molecule has 0 N–H and O–H groups in total. The second-order valence-electron chi connectivity index (χ2n) is 4.51. The fraction of sp³-hybridized carbons (Fsp3) is 0.235. The van der Waals surface area contributed by atoms with Crippen LogP contribution in [0.25, 0.3) is 0 Å². The van der Waals surface area contributed by atoms with Crippen LogP contribution in [0.5, 0.6) is 11.5 Å². The molecule has 0 heterocycles. The molecule has 0 aromatic heterocycles. The van der Waals surface area contributed by atoms with E-state index in [1.807, 2.05) is 18.2 Å². The molecule has 0 fully saturated rings. The van der Waals surface area contributed by atoms with E-state index in [2.05, 4.69) is 6.92 Å². The van der Waals surface area contributed by atoms with Gasteiger partial charge in [-0.15, -0.1) is 0 Å². The van der Waals surface area contributed by atoms with Crippen LogP contribution in [0.2, 0.25) is 0 Å². The Hall–Kier alpha value is -2.29.